The van der Waals surface area contributed by atoms with E-state index in [0.717, 1.165) is 0 Å². The molecular weight excluding hydrogens is 423 g/mol. The molecule has 3 heterocycles. The molecule has 1 fully saturated rings. The van der Waals surface area contributed by atoms with Gasteiger partial charge in [0.25, 0.3) is 0 Å². The van der Waals surface area contributed by atoms with Gasteiger partial charge >= 0.3 is 6.09 Å². The summed E-state index contributed by atoms with van der Waals surface area (Å²) in [5, 5.41) is 6.22. The molecule has 0 N–H and O–H groups in total. The maximum Gasteiger partial charge on any atom is 0.410 e. The van der Waals surface area contributed by atoms with E-state index in [2.05, 4.69) is 10.0 Å². The molecule has 31 heavy (non-hydrogen) atoms. The molecule has 0 aliphatic carbocycles. The summed E-state index contributed by atoms with van der Waals surface area (Å²) in [5.41, 5.74) is 0.490. The predicted molar refractivity (Wildman–Crippen MR) is 120 cm³/mol. The fourth-order valence-electron chi connectivity index (χ4n) is 3.57. The van der Waals surface area contributed by atoms with Crippen LogP contribution in [-0.2, 0) is 4.74 Å². The summed E-state index contributed by atoms with van der Waals surface area (Å²) in [7, 11) is 0. The third-order valence-corrected chi connectivity index (χ3v) is 5.38. The van der Waals surface area contributed by atoms with Crippen molar-refractivity contribution < 1.29 is 13.9 Å². The zero-order valence-electron chi connectivity index (χ0n) is 18.1. The van der Waals surface area contributed by atoms with E-state index in [9.17, 15) is 9.18 Å². The van der Waals surface area contributed by atoms with Crippen molar-refractivity contribution in [1.82, 2.24) is 9.80 Å². The van der Waals surface area contributed by atoms with Crippen LogP contribution in [-0.4, -0.2) is 71.6 Å². The molecule has 166 valence electrons. The fourth-order valence-corrected chi connectivity index (χ4v) is 3.73. The molecular formula is C21H26ClFN6O2. The Balaban J connectivity index is 1.63. The Bertz CT molecular complexity index is 979. The minimum atomic E-state index is -0.541. The Morgan fingerprint density at radius 1 is 1.19 bits per heavy atom. The van der Waals surface area contributed by atoms with Crippen molar-refractivity contribution >= 4 is 47.0 Å². The van der Waals surface area contributed by atoms with Crippen LogP contribution in [0, 0.1) is 5.82 Å². The summed E-state index contributed by atoms with van der Waals surface area (Å²) in [6.45, 7) is 9.63. The lowest BCUT2D eigenvalue weighted by Gasteiger charge is -2.39. The number of aliphatic imine (C=N–C) groups is 2. The van der Waals surface area contributed by atoms with Gasteiger partial charge in [-0.2, -0.15) is 5.10 Å². The third-order valence-electron chi connectivity index (χ3n) is 5.09. The van der Waals surface area contributed by atoms with Crippen LogP contribution in [0.3, 0.4) is 0 Å². The number of hydrogen-bond donors (Lipinski definition) is 0. The molecule has 10 heteroatoms. The SMILES string of the molecule is CC1CC=NN2C(=N1)C(N1CCN(C(=O)OC(C)(C)C)CC1)=Nc1cc(F)c(Cl)cc12. The van der Waals surface area contributed by atoms with Crippen molar-refractivity contribution in [2.75, 3.05) is 31.2 Å². The van der Waals surface area contributed by atoms with E-state index >= 15 is 0 Å². The summed E-state index contributed by atoms with van der Waals surface area (Å²) in [6.07, 6.45) is 2.15. The van der Waals surface area contributed by atoms with E-state index in [1.54, 1.807) is 16.1 Å². The van der Waals surface area contributed by atoms with Crippen molar-refractivity contribution in [3.05, 3.63) is 23.0 Å². The van der Waals surface area contributed by atoms with Crippen molar-refractivity contribution in [2.45, 2.75) is 45.8 Å². The highest BCUT2D eigenvalue weighted by molar-refractivity contribution is 6.47. The van der Waals surface area contributed by atoms with Crippen LogP contribution in [0.15, 0.2) is 27.2 Å². The number of ether oxygens (including phenoxy) is 1. The monoisotopic (exact) mass is 448 g/mol. The number of hydrogen-bond acceptors (Lipinski definition) is 7. The Morgan fingerprint density at radius 2 is 1.90 bits per heavy atom. The van der Waals surface area contributed by atoms with Crippen LogP contribution in [0.1, 0.15) is 34.1 Å². The average Bonchev–Trinajstić information content (AvgIpc) is 2.89. The van der Waals surface area contributed by atoms with Gasteiger partial charge in [0, 0.05) is 44.9 Å². The van der Waals surface area contributed by atoms with Crippen molar-refractivity contribution in [2.24, 2.45) is 15.1 Å². The summed E-state index contributed by atoms with van der Waals surface area (Å²) in [5.74, 6) is 0.678. The van der Waals surface area contributed by atoms with E-state index in [4.69, 9.17) is 26.3 Å². The Labute approximate surface area is 186 Å². The topological polar surface area (TPSA) is 73.1 Å². The second-order valence-corrected chi connectivity index (χ2v) is 9.20. The van der Waals surface area contributed by atoms with Gasteiger partial charge in [0.05, 0.1) is 22.4 Å². The lowest BCUT2D eigenvalue weighted by atomic mass is 10.2. The molecule has 3 aliphatic heterocycles. The molecule has 1 amide bonds. The Kier molecular flexibility index (Phi) is 5.63. The van der Waals surface area contributed by atoms with Gasteiger partial charge in [-0.1, -0.05) is 11.6 Å². The Morgan fingerprint density at radius 3 is 2.58 bits per heavy atom. The molecule has 8 nitrogen and oxygen atoms in total. The first-order valence-corrected chi connectivity index (χ1v) is 10.7. The number of fused-ring (bicyclic) bond motifs is 3. The van der Waals surface area contributed by atoms with Crippen LogP contribution in [0.5, 0.6) is 0 Å². The van der Waals surface area contributed by atoms with Gasteiger partial charge in [-0.25, -0.2) is 19.2 Å². The van der Waals surface area contributed by atoms with Crippen LogP contribution >= 0.6 is 11.6 Å². The molecule has 1 saturated heterocycles. The minimum absolute atomic E-state index is 0.00946. The second kappa shape index (κ2) is 8.11. The fraction of sp³-hybridized carbons (Fsp3) is 0.524. The van der Waals surface area contributed by atoms with Crippen LogP contribution in [0.25, 0.3) is 0 Å². The molecule has 1 aromatic rings. The normalized spacial score (nSPS) is 21.1. The third kappa shape index (κ3) is 4.51. The number of amidine groups is 2. The van der Waals surface area contributed by atoms with Gasteiger partial charge in [0.15, 0.2) is 11.7 Å². The van der Waals surface area contributed by atoms with E-state index in [1.807, 2.05) is 27.7 Å². The van der Waals surface area contributed by atoms with E-state index < -0.39 is 11.4 Å². The molecule has 0 bridgehead atoms. The largest absolute Gasteiger partial charge is 0.444 e. The molecule has 1 unspecified atom stereocenters. The molecule has 1 aromatic carbocycles. The first-order chi connectivity index (χ1) is 14.6. The van der Waals surface area contributed by atoms with Crippen molar-refractivity contribution in [3.63, 3.8) is 0 Å². The van der Waals surface area contributed by atoms with Crippen LogP contribution in [0.2, 0.25) is 5.02 Å². The van der Waals surface area contributed by atoms with E-state index in [1.165, 1.54) is 12.1 Å². The standard InChI is InChI=1S/C21H26ClFN6O2/c1-13-5-6-24-29-17-11-14(22)15(23)12-16(17)26-18(19(29)25-13)27-7-9-28(10-8-27)20(30)31-21(2,3)4/h6,11-13H,5,7-10H2,1-4H3. The average molecular weight is 449 g/mol. The lowest BCUT2D eigenvalue weighted by molar-refractivity contribution is 0.0188. The smallest absolute Gasteiger partial charge is 0.410 e. The number of benzene rings is 1. The molecule has 0 aromatic heterocycles. The lowest BCUT2D eigenvalue weighted by Crippen LogP contribution is -2.55. The molecule has 3 aliphatic rings. The summed E-state index contributed by atoms with van der Waals surface area (Å²) in [4.78, 5) is 25.7. The predicted octanol–water partition coefficient (Wildman–Crippen LogP) is 4.06. The summed E-state index contributed by atoms with van der Waals surface area (Å²) >= 11 is 6.02. The van der Waals surface area contributed by atoms with Crippen LogP contribution < -0.4 is 5.01 Å². The molecule has 0 saturated carbocycles. The van der Waals surface area contributed by atoms with E-state index in [-0.39, 0.29) is 17.2 Å². The van der Waals surface area contributed by atoms with Gasteiger partial charge in [-0.15, -0.1) is 0 Å². The number of carbonyl (C=O) groups excluding carboxylic acids is 1. The number of carbonyl (C=O) groups is 1. The summed E-state index contributed by atoms with van der Waals surface area (Å²) < 4.78 is 19.6. The molecule has 1 atom stereocenters. The second-order valence-electron chi connectivity index (χ2n) is 8.79. The minimum Gasteiger partial charge on any atom is -0.444 e. The maximum absolute atomic E-state index is 14.2. The first kappa shape index (κ1) is 21.5. The quantitative estimate of drug-likeness (QED) is 0.600. The van der Waals surface area contributed by atoms with Gasteiger partial charge < -0.3 is 14.5 Å². The number of nitrogens with zero attached hydrogens (tertiary/aromatic N) is 6. The van der Waals surface area contributed by atoms with Gasteiger partial charge in [0.2, 0.25) is 0 Å². The highest BCUT2D eigenvalue weighted by Gasteiger charge is 2.35. The zero-order chi connectivity index (χ0) is 22.3. The highest BCUT2D eigenvalue weighted by Crippen LogP contribution is 2.38. The number of rotatable bonds is 0. The van der Waals surface area contributed by atoms with E-state index in [0.29, 0.717) is 55.6 Å². The van der Waals surface area contributed by atoms with Gasteiger partial charge in [0.1, 0.15) is 11.4 Å². The molecule has 4 rings (SSSR count). The zero-order valence-corrected chi connectivity index (χ0v) is 18.9. The Hall–Kier alpha value is -2.68. The van der Waals surface area contributed by atoms with Crippen molar-refractivity contribution in [1.29, 1.82) is 0 Å². The molecule has 0 radical (unpaired) electrons. The molecule has 0 spiro atoms. The number of anilines is 1. The van der Waals surface area contributed by atoms with Gasteiger partial charge in [-0.05, 0) is 33.8 Å². The highest BCUT2D eigenvalue weighted by atomic mass is 35.5. The van der Waals surface area contributed by atoms with Gasteiger partial charge in [-0.3, -0.25) is 4.99 Å². The number of amides is 1. The number of hydrazone groups is 1. The van der Waals surface area contributed by atoms with Crippen LogP contribution in [0.4, 0.5) is 20.6 Å². The number of piperazine rings is 1. The maximum atomic E-state index is 14.2. The summed E-state index contributed by atoms with van der Waals surface area (Å²) in [6, 6.07) is 2.86. The first-order valence-electron chi connectivity index (χ1n) is 10.3. The van der Waals surface area contributed by atoms with Crippen molar-refractivity contribution in [3.8, 4) is 0 Å². The number of halogens is 2.